The highest BCUT2D eigenvalue weighted by atomic mass is 28.1. The van der Waals surface area contributed by atoms with Gasteiger partial charge in [-0.05, 0) is 5.56 Å². The lowest BCUT2D eigenvalue weighted by atomic mass is 10.2. The molecule has 0 N–H and O–H groups in total. The Morgan fingerprint density at radius 3 is 2.33 bits per heavy atom. The lowest BCUT2D eigenvalue weighted by molar-refractivity contribution is 1.66. The van der Waals surface area contributed by atoms with Gasteiger partial charge in [0.1, 0.15) is 0 Å². The molecule has 1 heteroatoms. The average Bonchev–Trinajstić information content (AvgIpc) is 1.91. The minimum absolute atomic E-state index is 1.24. The van der Waals surface area contributed by atoms with Gasteiger partial charge in [-0.15, -0.1) is 5.70 Å². The van der Waals surface area contributed by atoms with Crippen LogP contribution in [0.2, 0.25) is 0 Å². The second-order valence-electron chi connectivity index (χ2n) is 1.77. The SMILES string of the molecule is [SiH]C=Cc1ccccc1. The molecule has 1 aromatic rings. The third-order valence-corrected chi connectivity index (χ3v) is 1.28. The van der Waals surface area contributed by atoms with E-state index in [1.54, 1.807) is 0 Å². The molecule has 44 valence electrons. The molecular formula is C8H8Si. The number of benzene rings is 1. The molecule has 0 saturated heterocycles. The van der Waals surface area contributed by atoms with Crippen LogP contribution in [0, 0.1) is 0 Å². The van der Waals surface area contributed by atoms with E-state index in [9.17, 15) is 0 Å². The van der Waals surface area contributed by atoms with Crippen molar-refractivity contribution in [1.82, 2.24) is 0 Å². The molecule has 0 unspecified atom stereocenters. The summed E-state index contributed by atoms with van der Waals surface area (Å²) in [7, 11) is 2.55. The number of rotatable bonds is 1. The van der Waals surface area contributed by atoms with Crippen molar-refractivity contribution in [3.05, 3.63) is 41.6 Å². The first kappa shape index (κ1) is 6.30. The van der Waals surface area contributed by atoms with Gasteiger partial charge in [-0.25, -0.2) is 0 Å². The largest absolute Gasteiger partial charge is 0.103 e. The van der Waals surface area contributed by atoms with Crippen molar-refractivity contribution in [3.63, 3.8) is 0 Å². The van der Waals surface area contributed by atoms with Gasteiger partial charge in [0.25, 0.3) is 0 Å². The van der Waals surface area contributed by atoms with Gasteiger partial charge in [-0.3, -0.25) is 0 Å². The molecule has 1 rings (SSSR count). The van der Waals surface area contributed by atoms with Crippen LogP contribution < -0.4 is 0 Å². The molecular weight excluding hydrogens is 124 g/mol. The van der Waals surface area contributed by atoms with Crippen LogP contribution in [0.3, 0.4) is 0 Å². The fourth-order valence-corrected chi connectivity index (χ4v) is 0.897. The normalized spacial score (nSPS) is 10.3. The van der Waals surface area contributed by atoms with Crippen molar-refractivity contribution in [3.8, 4) is 0 Å². The van der Waals surface area contributed by atoms with E-state index in [2.05, 4.69) is 22.4 Å². The summed E-state index contributed by atoms with van der Waals surface area (Å²) in [5.74, 6) is 0. The predicted molar refractivity (Wildman–Crippen MR) is 42.6 cm³/mol. The summed E-state index contributed by atoms with van der Waals surface area (Å²) in [6, 6.07) is 10.2. The van der Waals surface area contributed by atoms with Gasteiger partial charge in [0.15, 0.2) is 0 Å². The van der Waals surface area contributed by atoms with Crippen molar-refractivity contribution in [2.24, 2.45) is 0 Å². The Labute approximate surface area is 58.6 Å². The van der Waals surface area contributed by atoms with Gasteiger partial charge in [0.05, 0.1) is 0 Å². The van der Waals surface area contributed by atoms with Crippen LogP contribution in [0.25, 0.3) is 6.08 Å². The summed E-state index contributed by atoms with van der Waals surface area (Å²) in [5, 5.41) is 0. The lowest BCUT2D eigenvalue weighted by Gasteiger charge is -1.86. The molecule has 0 heterocycles. The molecule has 0 bridgehead atoms. The Morgan fingerprint density at radius 2 is 1.78 bits per heavy atom. The molecule has 0 aliphatic carbocycles. The van der Waals surface area contributed by atoms with Crippen LogP contribution in [0.15, 0.2) is 36.0 Å². The maximum Gasteiger partial charge on any atom is 0.0480 e. The first-order valence-electron chi connectivity index (χ1n) is 2.87. The van der Waals surface area contributed by atoms with E-state index in [0.717, 1.165) is 0 Å². The highest BCUT2D eigenvalue weighted by Gasteiger charge is 1.77. The van der Waals surface area contributed by atoms with Crippen molar-refractivity contribution in [2.45, 2.75) is 0 Å². The molecule has 2 radical (unpaired) electrons. The molecule has 0 amide bonds. The van der Waals surface area contributed by atoms with E-state index < -0.39 is 0 Å². The number of hydrogen-bond acceptors (Lipinski definition) is 0. The summed E-state index contributed by atoms with van der Waals surface area (Å²) in [4.78, 5) is 0. The van der Waals surface area contributed by atoms with Crippen molar-refractivity contribution >= 4 is 16.3 Å². The molecule has 9 heavy (non-hydrogen) atoms. The maximum atomic E-state index is 2.55. The summed E-state index contributed by atoms with van der Waals surface area (Å²) in [6.45, 7) is 0. The maximum absolute atomic E-state index is 2.55. The average molecular weight is 132 g/mol. The van der Waals surface area contributed by atoms with Crippen LogP contribution in [0.5, 0.6) is 0 Å². The standard InChI is InChI=1S/C8H8Si/c9-7-6-8-4-2-1-3-5-8/h1-7,9H. The molecule has 0 aliphatic heterocycles. The van der Waals surface area contributed by atoms with E-state index in [1.165, 1.54) is 5.56 Å². The molecule has 0 atom stereocenters. The molecule has 0 nitrogen and oxygen atoms in total. The Balaban J connectivity index is 2.85. The second-order valence-corrected chi connectivity index (χ2v) is 2.15. The van der Waals surface area contributed by atoms with Gasteiger partial charge in [-0.2, -0.15) is 0 Å². The molecule has 0 aliphatic rings. The zero-order chi connectivity index (χ0) is 6.53. The van der Waals surface area contributed by atoms with Gasteiger partial charge in [-0.1, -0.05) is 36.4 Å². The van der Waals surface area contributed by atoms with Crippen molar-refractivity contribution in [1.29, 1.82) is 0 Å². The fourth-order valence-electron chi connectivity index (χ4n) is 0.675. The van der Waals surface area contributed by atoms with Crippen LogP contribution in [-0.2, 0) is 0 Å². The van der Waals surface area contributed by atoms with Crippen molar-refractivity contribution in [2.75, 3.05) is 0 Å². The first-order chi connectivity index (χ1) is 4.43. The summed E-state index contributed by atoms with van der Waals surface area (Å²) >= 11 is 0. The highest BCUT2D eigenvalue weighted by molar-refractivity contribution is 6.19. The van der Waals surface area contributed by atoms with Crippen LogP contribution in [0.1, 0.15) is 5.56 Å². The number of hydrogen-bond donors (Lipinski definition) is 0. The Hall–Kier alpha value is -0.823. The van der Waals surface area contributed by atoms with E-state index in [4.69, 9.17) is 0 Å². The Bertz CT molecular complexity index is 189. The molecule has 0 aromatic heterocycles. The molecule has 0 saturated carbocycles. The molecule has 1 aromatic carbocycles. The minimum Gasteiger partial charge on any atom is -0.103 e. The zero-order valence-electron chi connectivity index (χ0n) is 5.12. The zero-order valence-corrected chi connectivity index (χ0v) is 6.27. The van der Waals surface area contributed by atoms with E-state index in [1.807, 2.05) is 30.0 Å². The van der Waals surface area contributed by atoms with Gasteiger partial charge < -0.3 is 0 Å². The molecule has 0 spiro atoms. The third kappa shape index (κ3) is 1.86. The van der Waals surface area contributed by atoms with Gasteiger partial charge >= 0.3 is 0 Å². The van der Waals surface area contributed by atoms with Crippen LogP contribution in [-0.4, -0.2) is 10.2 Å². The van der Waals surface area contributed by atoms with E-state index in [-0.39, 0.29) is 0 Å². The van der Waals surface area contributed by atoms with E-state index in [0.29, 0.717) is 0 Å². The smallest absolute Gasteiger partial charge is 0.0480 e. The Morgan fingerprint density at radius 1 is 1.11 bits per heavy atom. The van der Waals surface area contributed by atoms with Gasteiger partial charge in [0, 0.05) is 10.2 Å². The van der Waals surface area contributed by atoms with E-state index >= 15 is 0 Å². The summed E-state index contributed by atoms with van der Waals surface area (Å²) < 4.78 is 0. The fraction of sp³-hybridized carbons (Fsp3) is 0. The second kappa shape index (κ2) is 3.25. The first-order valence-corrected chi connectivity index (χ1v) is 3.53. The lowest BCUT2D eigenvalue weighted by Crippen LogP contribution is -1.66. The van der Waals surface area contributed by atoms with Crippen LogP contribution >= 0.6 is 0 Å². The van der Waals surface area contributed by atoms with Crippen LogP contribution in [0.4, 0.5) is 0 Å². The summed E-state index contributed by atoms with van der Waals surface area (Å²) in [5.41, 5.74) is 3.20. The summed E-state index contributed by atoms with van der Waals surface area (Å²) in [6.07, 6.45) is 2.05. The van der Waals surface area contributed by atoms with Gasteiger partial charge in [0.2, 0.25) is 0 Å². The van der Waals surface area contributed by atoms with Crippen molar-refractivity contribution < 1.29 is 0 Å². The quantitative estimate of drug-likeness (QED) is 0.509. The molecule has 0 fully saturated rings. The predicted octanol–water partition coefficient (Wildman–Crippen LogP) is 1.56. The highest BCUT2D eigenvalue weighted by Crippen LogP contribution is 1.98. The third-order valence-electron chi connectivity index (χ3n) is 1.09. The monoisotopic (exact) mass is 132 g/mol. The topological polar surface area (TPSA) is 0 Å². The minimum atomic E-state index is 1.24. The Kier molecular flexibility index (Phi) is 2.28.